The Bertz CT molecular complexity index is 292. The standard InChI is InChI=1S/C11H21N3O4/c1-14(2)8-4-3-7-12-11(18)13-9(15)5-6-10(16)17/h3-8H2,1-2H3,(H,16,17)(H2,12,13,15,18). The van der Waals surface area contributed by atoms with Crippen molar-refractivity contribution >= 4 is 17.9 Å². The van der Waals surface area contributed by atoms with Crippen LogP contribution in [0.5, 0.6) is 0 Å². The van der Waals surface area contributed by atoms with Gasteiger partial charge in [0.1, 0.15) is 0 Å². The van der Waals surface area contributed by atoms with Crippen LogP contribution in [0.3, 0.4) is 0 Å². The van der Waals surface area contributed by atoms with E-state index in [9.17, 15) is 14.4 Å². The first-order chi connectivity index (χ1) is 8.41. The van der Waals surface area contributed by atoms with Crippen molar-refractivity contribution in [3.05, 3.63) is 0 Å². The van der Waals surface area contributed by atoms with E-state index < -0.39 is 17.9 Å². The summed E-state index contributed by atoms with van der Waals surface area (Å²) < 4.78 is 0. The number of hydrogen-bond acceptors (Lipinski definition) is 4. The minimum atomic E-state index is -1.06. The number of carboxylic acids is 1. The first-order valence-electron chi connectivity index (χ1n) is 5.86. The van der Waals surface area contributed by atoms with Gasteiger partial charge in [-0.25, -0.2) is 4.79 Å². The van der Waals surface area contributed by atoms with Crippen LogP contribution in [0, 0.1) is 0 Å². The number of aliphatic carboxylic acids is 1. The van der Waals surface area contributed by atoms with Gasteiger partial charge in [-0.15, -0.1) is 0 Å². The van der Waals surface area contributed by atoms with Crippen molar-refractivity contribution in [1.29, 1.82) is 0 Å². The molecule has 0 aliphatic rings. The monoisotopic (exact) mass is 259 g/mol. The van der Waals surface area contributed by atoms with Crippen molar-refractivity contribution in [2.75, 3.05) is 27.2 Å². The third-order valence-corrected chi connectivity index (χ3v) is 2.14. The van der Waals surface area contributed by atoms with Crippen LogP contribution in [0.15, 0.2) is 0 Å². The lowest BCUT2D eigenvalue weighted by atomic mass is 10.3. The maximum absolute atomic E-state index is 11.2. The molecule has 0 aromatic rings. The van der Waals surface area contributed by atoms with E-state index in [1.807, 2.05) is 14.1 Å². The number of carboxylic acid groups (broad SMARTS) is 1. The lowest BCUT2D eigenvalue weighted by molar-refractivity contribution is -0.138. The van der Waals surface area contributed by atoms with Gasteiger partial charge in [0.15, 0.2) is 0 Å². The smallest absolute Gasteiger partial charge is 0.321 e. The highest BCUT2D eigenvalue weighted by molar-refractivity contribution is 5.95. The molecule has 0 saturated heterocycles. The fourth-order valence-corrected chi connectivity index (χ4v) is 1.21. The number of imide groups is 1. The largest absolute Gasteiger partial charge is 0.481 e. The van der Waals surface area contributed by atoms with E-state index in [-0.39, 0.29) is 12.8 Å². The fourth-order valence-electron chi connectivity index (χ4n) is 1.21. The zero-order chi connectivity index (χ0) is 14.0. The van der Waals surface area contributed by atoms with Crippen molar-refractivity contribution in [2.45, 2.75) is 25.7 Å². The van der Waals surface area contributed by atoms with Crippen molar-refractivity contribution in [2.24, 2.45) is 0 Å². The number of unbranched alkanes of at least 4 members (excludes halogenated alkanes) is 1. The highest BCUT2D eigenvalue weighted by Crippen LogP contribution is 1.90. The van der Waals surface area contributed by atoms with Gasteiger partial charge in [-0.3, -0.25) is 14.9 Å². The Morgan fingerprint density at radius 3 is 2.33 bits per heavy atom. The van der Waals surface area contributed by atoms with Crippen LogP contribution in [-0.4, -0.2) is 55.1 Å². The van der Waals surface area contributed by atoms with Gasteiger partial charge in [0, 0.05) is 13.0 Å². The Morgan fingerprint density at radius 2 is 1.78 bits per heavy atom. The normalized spacial score (nSPS) is 10.2. The SMILES string of the molecule is CN(C)CCCCNC(=O)NC(=O)CCC(=O)O. The van der Waals surface area contributed by atoms with Gasteiger partial charge in [-0.05, 0) is 33.5 Å². The summed E-state index contributed by atoms with van der Waals surface area (Å²) in [5, 5.41) is 13.0. The van der Waals surface area contributed by atoms with Crippen LogP contribution in [0.2, 0.25) is 0 Å². The lowest BCUT2D eigenvalue weighted by Gasteiger charge is -2.09. The van der Waals surface area contributed by atoms with E-state index in [0.29, 0.717) is 6.54 Å². The first-order valence-corrected chi connectivity index (χ1v) is 5.86. The van der Waals surface area contributed by atoms with Crippen molar-refractivity contribution in [3.8, 4) is 0 Å². The summed E-state index contributed by atoms with van der Waals surface area (Å²) in [6, 6.07) is -0.574. The summed E-state index contributed by atoms with van der Waals surface area (Å²) in [4.78, 5) is 34.5. The van der Waals surface area contributed by atoms with Gasteiger partial charge in [0.05, 0.1) is 6.42 Å². The molecule has 3 N–H and O–H groups in total. The van der Waals surface area contributed by atoms with Crippen molar-refractivity contribution in [3.63, 3.8) is 0 Å². The maximum Gasteiger partial charge on any atom is 0.321 e. The minimum Gasteiger partial charge on any atom is -0.481 e. The van der Waals surface area contributed by atoms with Gasteiger partial charge in [0.2, 0.25) is 5.91 Å². The van der Waals surface area contributed by atoms with Gasteiger partial charge in [-0.1, -0.05) is 0 Å². The van der Waals surface area contributed by atoms with Crippen LogP contribution in [0.1, 0.15) is 25.7 Å². The molecular weight excluding hydrogens is 238 g/mol. The van der Waals surface area contributed by atoms with E-state index >= 15 is 0 Å². The number of urea groups is 1. The Balaban J connectivity index is 3.53. The quantitative estimate of drug-likeness (QED) is 0.534. The third-order valence-electron chi connectivity index (χ3n) is 2.14. The van der Waals surface area contributed by atoms with Crippen LogP contribution in [-0.2, 0) is 9.59 Å². The second-order valence-electron chi connectivity index (χ2n) is 4.21. The molecule has 0 atom stereocenters. The molecule has 0 spiro atoms. The summed E-state index contributed by atoms with van der Waals surface area (Å²) in [6.07, 6.45) is 1.32. The first kappa shape index (κ1) is 16.4. The zero-order valence-electron chi connectivity index (χ0n) is 10.9. The highest BCUT2D eigenvalue weighted by atomic mass is 16.4. The van der Waals surface area contributed by atoms with Crippen LogP contribution < -0.4 is 10.6 Å². The number of amides is 3. The molecule has 0 aliphatic heterocycles. The maximum atomic E-state index is 11.2. The molecule has 104 valence electrons. The second kappa shape index (κ2) is 9.41. The Hall–Kier alpha value is -1.63. The topological polar surface area (TPSA) is 98.7 Å². The number of carbonyl (C=O) groups is 3. The van der Waals surface area contributed by atoms with E-state index in [1.54, 1.807) is 0 Å². The molecule has 0 bridgehead atoms. The zero-order valence-corrected chi connectivity index (χ0v) is 10.9. The van der Waals surface area contributed by atoms with Crippen molar-refractivity contribution in [1.82, 2.24) is 15.5 Å². The molecule has 7 nitrogen and oxygen atoms in total. The molecule has 0 rings (SSSR count). The van der Waals surface area contributed by atoms with Gasteiger partial charge < -0.3 is 15.3 Å². The second-order valence-corrected chi connectivity index (χ2v) is 4.21. The molecular formula is C11H21N3O4. The predicted molar refractivity (Wildman–Crippen MR) is 66.2 cm³/mol. The number of carbonyl (C=O) groups excluding carboxylic acids is 2. The lowest BCUT2D eigenvalue weighted by Crippen LogP contribution is -2.40. The minimum absolute atomic E-state index is 0.191. The fraction of sp³-hybridized carbons (Fsp3) is 0.727. The average Bonchev–Trinajstić information content (AvgIpc) is 2.25. The molecule has 0 unspecified atom stereocenters. The molecule has 0 aliphatic carbocycles. The number of nitrogens with zero attached hydrogens (tertiary/aromatic N) is 1. The number of nitrogens with one attached hydrogen (secondary N) is 2. The molecule has 0 aromatic heterocycles. The van der Waals surface area contributed by atoms with Crippen LogP contribution in [0.25, 0.3) is 0 Å². The summed E-state index contributed by atoms with van der Waals surface area (Å²) in [5.41, 5.74) is 0. The Morgan fingerprint density at radius 1 is 1.11 bits per heavy atom. The number of hydrogen-bond donors (Lipinski definition) is 3. The van der Waals surface area contributed by atoms with Crippen molar-refractivity contribution < 1.29 is 19.5 Å². The van der Waals surface area contributed by atoms with E-state index in [2.05, 4.69) is 15.5 Å². The molecule has 3 amide bonds. The predicted octanol–water partition coefficient (Wildman–Crippen LogP) is 0.0188. The summed E-state index contributed by atoms with van der Waals surface area (Å²) in [7, 11) is 3.95. The third kappa shape index (κ3) is 10.9. The molecule has 0 saturated carbocycles. The van der Waals surface area contributed by atoms with Gasteiger partial charge in [-0.2, -0.15) is 0 Å². The Kier molecular flexibility index (Phi) is 8.55. The molecule has 0 aromatic carbocycles. The van der Waals surface area contributed by atoms with Crippen LogP contribution >= 0.6 is 0 Å². The number of rotatable bonds is 8. The van der Waals surface area contributed by atoms with Crippen LogP contribution in [0.4, 0.5) is 4.79 Å². The van der Waals surface area contributed by atoms with E-state index in [1.165, 1.54) is 0 Å². The van der Waals surface area contributed by atoms with E-state index in [0.717, 1.165) is 19.4 Å². The molecule has 0 heterocycles. The molecule has 0 radical (unpaired) electrons. The molecule has 18 heavy (non-hydrogen) atoms. The van der Waals surface area contributed by atoms with Gasteiger partial charge >= 0.3 is 12.0 Å². The molecule has 7 heteroatoms. The Labute approximate surface area is 107 Å². The molecule has 0 fully saturated rings. The average molecular weight is 259 g/mol. The van der Waals surface area contributed by atoms with Gasteiger partial charge in [0.25, 0.3) is 0 Å². The summed E-state index contributed by atoms with van der Waals surface area (Å²) >= 11 is 0. The summed E-state index contributed by atoms with van der Waals surface area (Å²) in [6.45, 7) is 1.44. The summed E-state index contributed by atoms with van der Waals surface area (Å²) in [5.74, 6) is -1.64. The van der Waals surface area contributed by atoms with E-state index in [4.69, 9.17) is 5.11 Å². The highest BCUT2D eigenvalue weighted by Gasteiger charge is 2.08.